The number of nitrogens with one attached hydrogen (secondary N) is 1. The van der Waals surface area contributed by atoms with E-state index in [9.17, 15) is 8.42 Å². The smallest absolute Gasteiger partial charge is 0.261 e. The van der Waals surface area contributed by atoms with Gasteiger partial charge < -0.3 is 4.74 Å². The molecule has 0 aliphatic carbocycles. The van der Waals surface area contributed by atoms with E-state index in [1.165, 1.54) is 13.2 Å². The van der Waals surface area contributed by atoms with Crippen molar-refractivity contribution in [1.82, 2.24) is 0 Å². The average Bonchev–Trinajstić information content (AvgIpc) is 2.41. The van der Waals surface area contributed by atoms with Crippen molar-refractivity contribution >= 4 is 49.9 Å². The van der Waals surface area contributed by atoms with Crippen LogP contribution < -0.4 is 9.46 Å². The Labute approximate surface area is 136 Å². The SMILES string of the molecule is COc1ccc(S(=O)(=O)Nc2ccc(Cl)cc2)cc1I. The first-order chi connectivity index (χ1) is 9.42. The molecule has 0 aliphatic rings. The van der Waals surface area contributed by atoms with Crippen molar-refractivity contribution in [2.24, 2.45) is 0 Å². The Bertz CT molecular complexity index is 717. The highest BCUT2D eigenvalue weighted by atomic mass is 127. The Morgan fingerprint density at radius 1 is 1.15 bits per heavy atom. The second-order valence-corrected chi connectivity index (χ2v) is 7.19. The number of sulfonamides is 1. The Morgan fingerprint density at radius 2 is 1.80 bits per heavy atom. The molecule has 4 nitrogen and oxygen atoms in total. The van der Waals surface area contributed by atoms with E-state index < -0.39 is 10.0 Å². The molecule has 0 spiro atoms. The minimum absolute atomic E-state index is 0.178. The van der Waals surface area contributed by atoms with Crippen LogP contribution in [0.3, 0.4) is 0 Å². The van der Waals surface area contributed by atoms with Crippen LogP contribution in [0.5, 0.6) is 5.75 Å². The molecule has 106 valence electrons. The third kappa shape index (κ3) is 3.56. The van der Waals surface area contributed by atoms with E-state index in [1.54, 1.807) is 36.4 Å². The Morgan fingerprint density at radius 3 is 2.35 bits per heavy atom. The summed E-state index contributed by atoms with van der Waals surface area (Å²) in [4.78, 5) is 0.178. The molecule has 1 N–H and O–H groups in total. The largest absolute Gasteiger partial charge is 0.496 e. The van der Waals surface area contributed by atoms with Gasteiger partial charge in [-0.3, -0.25) is 4.72 Å². The van der Waals surface area contributed by atoms with Gasteiger partial charge in [-0.05, 0) is 65.1 Å². The quantitative estimate of drug-likeness (QED) is 0.762. The summed E-state index contributed by atoms with van der Waals surface area (Å²) in [7, 11) is -2.09. The van der Waals surface area contributed by atoms with Crippen molar-refractivity contribution in [2.45, 2.75) is 4.90 Å². The maximum absolute atomic E-state index is 12.3. The standard InChI is InChI=1S/C13H11ClINO3S/c1-19-13-7-6-11(8-12(13)15)20(17,18)16-10-4-2-9(14)3-5-10/h2-8,16H,1H3. The number of anilines is 1. The van der Waals surface area contributed by atoms with Gasteiger partial charge in [0.1, 0.15) is 5.75 Å². The van der Waals surface area contributed by atoms with E-state index in [1.807, 2.05) is 22.6 Å². The zero-order valence-electron chi connectivity index (χ0n) is 10.4. The number of halogens is 2. The highest BCUT2D eigenvalue weighted by Gasteiger charge is 2.16. The molecule has 0 saturated heterocycles. The minimum Gasteiger partial charge on any atom is -0.496 e. The van der Waals surface area contributed by atoms with Crippen molar-refractivity contribution in [1.29, 1.82) is 0 Å². The molecule has 2 aromatic carbocycles. The molecule has 20 heavy (non-hydrogen) atoms. The van der Waals surface area contributed by atoms with Crippen molar-refractivity contribution in [2.75, 3.05) is 11.8 Å². The Balaban J connectivity index is 2.30. The lowest BCUT2D eigenvalue weighted by molar-refractivity contribution is 0.411. The second kappa shape index (κ2) is 6.19. The number of rotatable bonds is 4. The van der Waals surface area contributed by atoms with Gasteiger partial charge in [0.05, 0.1) is 15.6 Å². The van der Waals surface area contributed by atoms with Crippen LogP contribution in [0.1, 0.15) is 0 Å². The summed E-state index contributed by atoms with van der Waals surface area (Å²) in [5.41, 5.74) is 0.459. The van der Waals surface area contributed by atoms with Gasteiger partial charge in [0, 0.05) is 10.7 Å². The Hall–Kier alpha value is -0.990. The van der Waals surface area contributed by atoms with E-state index in [4.69, 9.17) is 16.3 Å². The lowest BCUT2D eigenvalue weighted by Crippen LogP contribution is -2.13. The molecular weight excluding hydrogens is 413 g/mol. The molecule has 0 bridgehead atoms. The van der Waals surface area contributed by atoms with Gasteiger partial charge in [0.25, 0.3) is 10.0 Å². The zero-order chi connectivity index (χ0) is 14.8. The predicted octanol–water partition coefficient (Wildman–Crippen LogP) is 3.75. The number of hydrogen-bond donors (Lipinski definition) is 1. The molecule has 0 unspecified atom stereocenters. The molecule has 0 amide bonds. The summed E-state index contributed by atoms with van der Waals surface area (Å²) >= 11 is 7.79. The van der Waals surface area contributed by atoms with Gasteiger partial charge >= 0.3 is 0 Å². The maximum Gasteiger partial charge on any atom is 0.261 e. The lowest BCUT2D eigenvalue weighted by Gasteiger charge is -2.10. The van der Waals surface area contributed by atoms with Crippen LogP contribution in [0.2, 0.25) is 5.02 Å². The van der Waals surface area contributed by atoms with Crippen molar-refractivity contribution < 1.29 is 13.2 Å². The van der Waals surface area contributed by atoms with Crippen LogP contribution >= 0.6 is 34.2 Å². The van der Waals surface area contributed by atoms with Crippen LogP contribution in [-0.2, 0) is 10.0 Å². The van der Waals surface area contributed by atoms with Crippen LogP contribution in [0, 0.1) is 3.57 Å². The molecule has 0 saturated carbocycles. The fourth-order valence-electron chi connectivity index (χ4n) is 1.55. The van der Waals surface area contributed by atoms with Crippen molar-refractivity contribution in [3.05, 3.63) is 51.1 Å². The third-order valence-corrected chi connectivity index (χ3v) is 5.00. The summed E-state index contributed by atoms with van der Waals surface area (Å²) < 4.78 is 32.8. The first kappa shape index (κ1) is 15.4. The van der Waals surface area contributed by atoms with Gasteiger partial charge in [-0.25, -0.2) is 8.42 Å². The minimum atomic E-state index is -3.63. The number of ether oxygens (including phenoxy) is 1. The molecule has 2 rings (SSSR count). The third-order valence-electron chi connectivity index (χ3n) is 2.53. The second-order valence-electron chi connectivity index (χ2n) is 3.91. The number of methoxy groups -OCH3 is 1. The molecule has 0 heterocycles. The monoisotopic (exact) mass is 423 g/mol. The van der Waals surface area contributed by atoms with E-state index in [2.05, 4.69) is 4.72 Å². The molecule has 0 aliphatic heterocycles. The highest BCUT2D eigenvalue weighted by molar-refractivity contribution is 14.1. The van der Waals surface area contributed by atoms with Gasteiger partial charge in [0.2, 0.25) is 0 Å². The van der Waals surface area contributed by atoms with Crippen molar-refractivity contribution in [3.8, 4) is 5.75 Å². The van der Waals surface area contributed by atoms with Gasteiger partial charge in [0.15, 0.2) is 0 Å². The molecule has 2 aromatic rings. The van der Waals surface area contributed by atoms with Crippen LogP contribution in [0.15, 0.2) is 47.4 Å². The average molecular weight is 424 g/mol. The lowest BCUT2D eigenvalue weighted by atomic mass is 10.3. The van der Waals surface area contributed by atoms with E-state index >= 15 is 0 Å². The molecule has 7 heteroatoms. The first-order valence-electron chi connectivity index (χ1n) is 5.54. The molecule has 0 radical (unpaired) electrons. The van der Waals surface area contributed by atoms with E-state index in [0.717, 1.165) is 3.57 Å². The fourth-order valence-corrected chi connectivity index (χ4v) is 3.70. The predicted molar refractivity (Wildman–Crippen MR) is 88.0 cm³/mol. The van der Waals surface area contributed by atoms with Crippen LogP contribution in [0.25, 0.3) is 0 Å². The highest BCUT2D eigenvalue weighted by Crippen LogP contribution is 2.25. The van der Waals surface area contributed by atoms with Gasteiger partial charge in [-0.15, -0.1) is 0 Å². The Kier molecular flexibility index (Phi) is 4.77. The number of hydrogen-bond acceptors (Lipinski definition) is 3. The zero-order valence-corrected chi connectivity index (χ0v) is 14.2. The summed E-state index contributed by atoms with van der Waals surface area (Å²) in [5, 5.41) is 0.548. The first-order valence-corrected chi connectivity index (χ1v) is 8.48. The summed E-state index contributed by atoms with van der Waals surface area (Å²) in [5.74, 6) is 0.635. The molecule has 0 aromatic heterocycles. The normalized spacial score (nSPS) is 11.2. The molecule has 0 atom stereocenters. The topological polar surface area (TPSA) is 55.4 Å². The fraction of sp³-hybridized carbons (Fsp3) is 0.0769. The van der Waals surface area contributed by atoms with E-state index in [0.29, 0.717) is 16.5 Å². The van der Waals surface area contributed by atoms with Crippen LogP contribution in [-0.4, -0.2) is 15.5 Å². The van der Waals surface area contributed by atoms with Crippen molar-refractivity contribution in [3.63, 3.8) is 0 Å². The summed E-state index contributed by atoms with van der Waals surface area (Å²) in [6.45, 7) is 0. The van der Waals surface area contributed by atoms with E-state index in [-0.39, 0.29) is 4.90 Å². The van der Waals surface area contributed by atoms with Gasteiger partial charge in [-0.2, -0.15) is 0 Å². The summed E-state index contributed by atoms with van der Waals surface area (Å²) in [6.07, 6.45) is 0. The number of benzene rings is 2. The summed E-state index contributed by atoms with van der Waals surface area (Å²) in [6, 6.07) is 11.1. The maximum atomic E-state index is 12.3. The van der Waals surface area contributed by atoms with Gasteiger partial charge in [-0.1, -0.05) is 11.6 Å². The van der Waals surface area contributed by atoms with Crippen LogP contribution in [0.4, 0.5) is 5.69 Å². The molecule has 0 fully saturated rings. The molecular formula is C13H11ClINO3S.